The third-order valence-electron chi connectivity index (χ3n) is 4.16. The van der Waals surface area contributed by atoms with Gasteiger partial charge in [-0.05, 0) is 30.5 Å². The summed E-state index contributed by atoms with van der Waals surface area (Å²) >= 11 is 0. The highest BCUT2D eigenvalue weighted by atomic mass is 15.3. The fourth-order valence-corrected chi connectivity index (χ4v) is 2.75. The number of hydrogen-bond acceptors (Lipinski definition) is 3. The van der Waals surface area contributed by atoms with E-state index >= 15 is 0 Å². The molecule has 0 aromatic heterocycles. The highest BCUT2D eigenvalue weighted by Gasteiger charge is 2.21. The van der Waals surface area contributed by atoms with Gasteiger partial charge in [0.25, 0.3) is 0 Å². The van der Waals surface area contributed by atoms with Gasteiger partial charge in [0, 0.05) is 51.0 Å². The molecule has 0 amide bonds. The van der Waals surface area contributed by atoms with Gasteiger partial charge in [-0.3, -0.25) is 4.90 Å². The second-order valence-electron chi connectivity index (χ2n) is 6.00. The number of piperazine rings is 1. The van der Waals surface area contributed by atoms with Crippen molar-refractivity contribution >= 4 is 5.69 Å². The van der Waals surface area contributed by atoms with Gasteiger partial charge in [-0.1, -0.05) is 24.8 Å². The first kappa shape index (κ1) is 13.7. The van der Waals surface area contributed by atoms with E-state index in [1.165, 1.54) is 24.1 Å². The highest BCUT2D eigenvalue weighted by molar-refractivity contribution is 5.46. The van der Waals surface area contributed by atoms with Crippen molar-refractivity contribution in [2.24, 2.45) is 0 Å². The maximum Gasteiger partial charge on any atom is 0.0367 e. The van der Waals surface area contributed by atoms with Crippen LogP contribution in [0.3, 0.4) is 0 Å². The summed E-state index contributed by atoms with van der Waals surface area (Å²) in [5.41, 5.74) is 2.67. The average Bonchev–Trinajstić information content (AvgIpc) is 3.31. The summed E-state index contributed by atoms with van der Waals surface area (Å²) in [7, 11) is 0. The first-order chi connectivity index (χ1) is 9.81. The highest BCUT2D eigenvalue weighted by Crippen LogP contribution is 2.19. The summed E-state index contributed by atoms with van der Waals surface area (Å²) in [6, 6.07) is 11.5. The molecule has 2 fully saturated rings. The van der Waals surface area contributed by atoms with Gasteiger partial charge in [-0.25, -0.2) is 0 Å². The van der Waals surface area contributed by atoms with Crippen molar-refractivity contribution in [2.45, 2.75) is 18.9 Å². The second-order valence-corrected chi connectivity index (χ2v) is 6.00. The number of hydrogen-bond donors (Lipinski definition) is 1. The fourth-order valence-electron chi connectivity index (χ4n) is 2.75. The van der Waals surface area contributed by atoms with Gasteiger partial charge in [0.05, 0.1) is 0 Å². The number of nitrogens with zero attached hydrogens (tertiary/aromatic N) is 2. The van der Waals surface area contributed by atoms with Gasteiger partial charge in [-0.15, -0.1) is 0 Å². The molecule has 3 rings (SSSR count). The molecular weight excluding hydrogens is 246 g/mol. The molecule has 1 heterocycles. The van der Waals surface area contributed by atoms with Crippen LogP contribution >= 0.6 is 0 Å². The van der Waals surface area contributed by atoms with Crippen LogP contribution < -0.4 is 10.2 Å². The molecule has 20 heavy (non-hydrogen) atoms. The molecule has 1 aromatic rings. The lowest BCUT2D eigenvalue weighted by atomic mass is 10.2. The molecule has 3 nitrogen and oxygen atoms in total. The van der Waals surface area contributed by atoms with E-state index in [9.17, 15) is 0 Å². The first-order valence-electron chi connectivity index (χ1n) is 7.73. The van der Waals surface area contributed by atoms with E-state index in [2.05, 4.69) is 52.0 Å². The smallest absolute Gasteiger partial charge is 0.0367 e. The van der Waals surface area contributed by atoms with Crippen molar-refractivity contribution in [3.05, 3.63) is 42.5 Å². The van der Waals surface area contributed by atoms with Crippen molar-refractivity contribution in [1.29, 1.82) is 0 Å². The van der Waals surface area contributed by atoms with Crippen LogP contribution in [0.25, 0.3) is 0 Å². The molecule has 0 spiro atoms. The lowest BCUT2D eigenvalue weighted by Gasteiger charge is -2.36. The number of benzene rings is 1. The van der Waals surface area contributed by atoms with E-state index in [0.29, 0.717) is 0 Å². The first-order valence-corrected chi connectivity index (χ1v) is 7.73. The number of nitrogens with one attached hydrogen (secondary N) is 1. The molecule has 2 aliphatic rings. The zero-order chi connectivity index (χ0) is 13.8. The van der Waals surface area contributed by atoms with Gasteiger partial charge in [-0.2, -0.15) is 0 Å². The summed E-state index contributed by atoms with van der Waals surface area (Å²) in [5, 5.41) is 3.54. The molecule has 1 aliphatic carbocycles. The maximum absolute atomic E-state index is 4.21. The Hall–Kier alpha value is -1.32. The molecule has 0 atom stereocenters. The van der Waals surface area contributed by atoms with E-state index in [1.54, 1.807) is 0 Å². The molecule has 3 heteroatoms. The van der Waals surface area contributed by atoms with Crippen molar-refractivity contribution < 1.29 is 0 Å². The van der Waals surface area contributed by atoms with Gasteiger partial charge in [0.15, 0.2) is 0 Å². The third-order valence-corrected chi connectivity index (χ3v) is 4.16. The van der Waals surface area contributed by atoms with Crippen LogP contribution in [-0.4, -0.2) is 50.2 Å². The molecule has 0 bridgehead atoms. The fraction of sp³-hybridized carbons (Fsp3) is 0.529. The van der Waals surface area contributed by atoms with E-state index in [0.717, 1.165) is 45.3 Å². The maximum atomic E-state index is 4.21. The zero-order valence-electron chi connectivity index (χ0n) is 12.2. The molecule has 0 unspecified atom stereocenters. The van der Waals surface area contributed by atoms with Crippen LogP contribution in [0.4, 0.5) is 5.69 Å². The Balaban J connectivity index is 1.40. The van der Waals surface area contributed by atoms with Gasteiger partial charge in [0.1, 0.15) is 0 Å². The van der Waals surface area contributed by atoms with Crippen LogP contribution in [0.15, 0.2) is 42.5 Å². The summed E-state index contributed by atoms with van der Waals surface area (Å²) in [6.45, 7) is 10.8. The Morgan fingerprint density at radius 3 is 2.45 bits per heavy atom. The monoisotopic (exact) mass is 271 g/mol. The summed E-state index contributed by atoms with van der Waals surface area (Å²) < 4.78 is 0. The Bertz CT molecular complexity index is 431. The second kappa shape index (κ2) is 6.42. The SMILES string of the molecule is C=C(CNC1CC1)CN1CCN(c2ccccc2)CC1. The van der Waals surface area contributed by atoms with Crippen molar-refractivity contribution in [2.75, 3.05) is 44.2 Å². The average molecular weight is 271 g/mol. The van der Waals surface area contributed by atoms with Gasteiger partial charge < -0.3 is 10.2 Å². The lowest BCUT2D eigenvalue weighted by Crippen LogP contribution is -2.47. The molecule has 1 saturated carbocycles. The molecular formula is C17H25N3. The Morgan fingerprint density at radius 1 is 1.10 bits per heavy atom. The Morgan fingerprint density at radius 2 is 1.80 bits per heavy atom. The minimum atomic E-state index is 0.779. The molecule has 1 aliphatic heterocycles. The topological polar surface area (TPSA) is 18.5 Å². The summed E-state index contributed by atoms with van der Waals surface area (Å²) in [6.07, 6.45) is 2.70. The van der Waals surface area contributed by atoms with E-state index in [4.69, 9.17) is 0 Å². The van der Waals surface area contributed by atoms with Crippen LogP contribution in [0.2, 0.25) is 0 Å². The molecule has 0 radical (unpaired) electrons. The molecule has 1 saturated heterocycles. The third kappa shape index (κ3) is 3.84. The van der Waals surface area contributed by atoms with Crippen molar-refractivity contribution in [3.8, 4) is 0 Å². The van der Waals surface area contributed by atoms with Crippen molar-refractivity contribution in [3.63, 3.8) is 0 Å². The van der Waals surface area contributed by atoms with Crippen LogP contribution in [0, 0.1) is 0 Å². The molecule has 1 aromatic carbocycles. The van der Waals surface area contributed by atoms with Crippen LogP contribution in [-0.2, 0) is 0 Å². The standard InChI is InChI=1S/C17H25N3/c1-15(13-18-16-7-8-16)14-19-9-11-20(12-10-19)17-5-3-2-4-6-17/h2-6,16,18H,1,7-14H2. The van der Waals surface area contributed by atoms with Gasteiger partial charge >= 0.3 is 0 Å². The van der Waals surface area contributed by atoms with Crippen LogP contribution in [0.1, 0.15) is 12.8 Å². The van der Waals surface area contributed by atoms with Crippen molar-refractivity contribution in [1.82, 2.24) is 10.2 Å². The van der Waals surface area contributed by atoms with Crippen LogP contribution in [0.5, 0.6) is 0 Å². The normalized spacial score (nSPS) is 20.1. The summed E-state index contributed by atoms with van der Waals surface area (Å²) in [4.78, 5) is 5.00. The zero-order valence-corrected chi connectivity index (χ0v) is 12.2. The Labute approximate surface area is 122 Å². The van der Waals surface area contributed by atoms with E-state index in [1.807, 2.05) is 0 Å². The lowest BCUT2D eigenvalue weighted by molar-refractivity contribution is 0.276. The minimum absolute atomic E-state index is 0.779. The molecule has 1 N–H and O–H groups in total. The Kier molecular flexibility index (Phi) is 4.38. The number of para-hydroxylation sites is 1. The largest absolute Gasteiger partial charge is 0.369 e. The summed E-state index contributed by atoms with van der Waals surface area (Å²) in [5.74, 6) is 0. The number of anilines is 1. The van der Waals surface area contributed by atoms with E-state index in [-0.39, 0.29) is 0 Å². The van der Waals surface area contributed by atoms with E-state index < -0.39 is 0 Å². The predicted molar refractivity (Wildman–Crippen MR) is 85.3 cm³/mol. The quantitative estimate of drug-likeness (QED) is 0.800. The molecule has 108 valence electrons. The minimum Gasteiger partial charge on any atom is -0.369 e. The van der Waals surface area contributed by atoms with Gasteiger partial charge in [0.2, 0.25) is 0 Å². The number of rotatable bonds is 6. The predicted octanol–water partition coefficient (Wildman–Crippen LogP) is 2.12.